The van der Waals surface area contributed by atoms with Crippen LogP contribution < -0.4 is 0 Å². The minimum Gasteiger partial charge on any atom is -0.393 e. The Morgan fingerprint density at radius 1 is 0.958 bits per heavy atom. The molecule has 0 saturated heterocycles. The lowest BCUT2D eigenvalue weighted by Crippen LogP contribution is -2.54. The van der Waals surface area contributed by atoms with E-state index in [1.165, 1.54) is 57.8 Å². The van der Waals surface area contributed by atoms with Crippen molar-refractivity contribution in [1.82, 2.24) is 0 Å². The van der Waals surface area contributed by atoms with E-state index in [9.17, 15) is 5.11 Å². The Morgan fingerprint density at radius 3 is 2.71 bits per heavy atom. The first-order valence-electron chi connectivity index (χ1n) is 10.9. The second-order valence-electron chi connectivity index (χ2n) is 10.5. The number of rotatable bonds is 0. The van der Waals surface area contributed by atoms with Gasteiger partial charge in [-0.3, -0.25) is 0 Å². The van der Waals surface area contributed by atoms with E-state index in [0.717, 1.165) is 42.4 Å². The van der Waals surface area contributed by atoms with Gasteiger partial charge in [-0.05, 0) is 118 Å². The Labute approximate surface area is 148 Å². The zero-order valence-electron chi connectivity index (χ0n) is 15.8. The molecular formula is C23H36O. The van der Waals surface area contributed by atoms with Crippen LogP contribution in [0.1, 0.15) is 84.5 Å². The summed E-state index contributed by atoms with van der Waals surface area (Å²) < 4.78 is 0. The number of aliphatic hydroxyl groups excluding tert-OH is 1. The van der Waals surface area contributed by atoms with Crippen molar-refractivity contribution >= 4 is 0 Å². The van der Waals surface area contributed by atoms with E-state index < -0.39 is 0 Å². The van der Waals surface area contributed by atoms with Gasteiger partial charge in [0, 0.05) is 0 Å². The third-order valence-electron chi connectivity index (χ3n) is 9.98. The van der Waals surface area contributed by atoms with Crippen molar-refractivity contribution in [3.8, 4) is 0 Å². The van der Waals surface area contributed by atoms with Crippen LogP contribution in [-0.2, 0) is 0 Å². The van der Waals surface area contributed by atoms with Gasteiger partial charge in [0.1, 0.15) is 0 Å². The van der Waals surface area contributed by atoms with E-state index in [1.807, 2.05) is 0 Å². The van der Waals surface area contributed by atoms with Crippen LogP contribution in [-0.4, -0.2) is 11.2 Å². The van der Waals surface area contributed by atoms with Crippen LogP contribution in [0.5, 0.6) is 0 Å². The third kappa shape index (κ3) is 1.97. The van der Waals surface area contributed by atoms with E-state index in [1.54, 1.807) is 5.57 Å². The minimum atomic E-state index is -0.00319. The van der Waals surface area contributed by atoms with E-state index in [0.29, 0.717) is 10.8 Å². The van der Waals surface area contributed by atoms with Gasteiger partial charge in [-0.15, -0.1) is 0 Å². The molecule has 4 saturated carbocycles. The van der Waals surface area contributed by atoms with Crippen molar-refractivity contribution in [2.24, 2.45) is 40.4 Å². The SMILES string of the molecule is CC1=CCC[C@]23CCC4C(CC[C@H]5C[C@H](O)CC[C@]45C)C2CC[C@H]13. The first-order valence-corrected chi connectivity index (χ1v) is 10.9. The zero-order valence-corrected chi connectivity index (χ0v) is 15.8. The summed E-state index contributed by atoms with van der Waals surface area (Å²) in [5.41, 5.74) is 2.97. The Morgan fingerprint density at radius 2 is 1.83 bits per heavy atom. The van der Waals surface area contributed by atoms with Gasteiger partial charge in [0.25, 0.3) is 0 Å². The van der Waals surface area contributed by atoms with Crippen molar-refractivity contribution in [2.45, 2.75) is 90.6 Å². The fourth-order valence-corrected chi connectivity index (χ4v) is 8.92. The summed E-state index contributed by atoms with van der Waals surface area (Å²) in [4.78, 5) is 0. The number of aliphatic hydroxyl groups is 1. The van der Waals surface area contributed by atoms with Gasteiger partial charge in [-0.2, -0.15) is 0 Å². The largest absolute Gasteiger partial charge is 0.393 e. The van der Waals surface area contributed by atoms with Crippen LogP contribution in [0.3, 0.4) is 0 Å². The van der Waals surface area contributed by atoms with Gasteiger partial charge in [0.2, 0.25) is 0 Å². The first kappa shape index (κ1) is 15.9. The molecule has 5 aliphatic carbocycles. The van der Waals surface area contributed by atoms with Gasteiger partial charge in [0.15, 0.2) is 0 Å². The first-order chi connectivity index (χ1) is 11.5. The van der Waals surface area contributed by atoms with Crippen molar-refractivity contribution in [1.29, 1.82) is 0 Å². The van der Waals surface area contributed by atoms with Gasteiger partial charge < -0.3 is 5.11 Å². The summed E-state index contributed by atoms with van der Waals surface area (Å²) in [7, 11) is 0. The van der Waals surface area contributed by atoms with Crippen LogP contribution in [0.2, 0.25) is 0 Å². The standard InChI is InChI=1S/C23H36O/c1-15-4-3-11-23-13-10-20-18(21(23)8-7-19(15)23)6-5-16-14-17(24)9-12-22(16,20)2/h4,16-21,24H,3,5-14H2,1-2H3/t16-,17+,18?,19+,20?,21?,22-,23+/m0/s1. The van der Waals surface area contributed by atoms with E-state index in [-0.39, 0.29) is 6.10 Å². The molecule has 0 radical (unpaired) electrons. The zero-order chi connectivity index (χ0) is 16.5. The Bertz CT molecular complexity index is 550. The molecule has 0 aromatic heterocycles. The third-order valence-corrected chi connectivity index (χ3v) is 9.98. The Balaban J connectivity index is 1.46. The average molecular weight is 329 g/mol. The fourth-order valence-electron chi connectivity index (χ4n) is 8.92. The van der Waals surface area contributed by atoms with Gasteiger partial charge >= 0.3 is 0 Å². The number of fused-ring (bicyclic) bond motifs is 4. The van der Waals surface area contributed by atoms with Crippen LogP contribution in [0, 0.1) is 40.4 Å². The molecule has 1 N–H and O–H groups in total. The highest BCUT2D eigenvalue weighted by Gasteiger charge is 2.61. The highest BCUT2D eigenvalue weighted by molar-refractivity contribution is 5.21. The molecule has 1 spiro atoms. The van der Waals surface area contributed by atoms with Crippen molar-refractivity contribution in [3.05, 3.63) is 11.6 Å². The number of hydrogen-bond donors (Lipinski definition) is 1. The number of hydrogen-bond acceptors (Lipinski definition) is 1. The maximum absolute atomic E-state index is 10.2. The molecule has 0 amide bonds. The summed E-state index contributed by atoms with van der Waals surface area (Å²) in [6.45, 7) is 5.05. The monoisotopic (exact) mass is 328 g/mol. The molecule has 8 atom stereocenters. The lowest BCUT2D eigenvalue weighted by Gasteiger charge is -2.62. The fraction of sp³-hybridized carbons (Fsp3) is 0.913. The molecule has 1 heteroatoms. The lowest BCUT2D eigenvalue weighted by molar-refractivity contribution is -0.130. The highest BCUT2D eigenvalue weighted by Crippen LogP contribution is 2.70. The van der Waals surface area contributed by atoms with E-state index >= 15 is 0 Å². The molecule has 5 rings (SSSR count). The van der Waals surface area contributed by atoms with Crippen LogP contribution in [0.25, 0.3) is 0 Å². The number of allylic oxidation sites excluding steroid dienone is 2. The van der Waals surface area contributed by atoms with E-state index in [4.69, 9.17) is 0 Å². The minimum absolute atomic E-state index is 0.00319. The second kappa shape index (κ2) is 5.35. The van der Waals surface area contributed by atoms with Crippen molar-refractivity contribution in [3.63, 3.8) is 0 Å². The van der Waals surface area contributed by atoms with Gasteiger partial charge in [0.05, 0.1) is 6.10 Å². The topological polar surface area (TPSA) is 20.2 Å². The molecule has 1 nitrogen and oxygen atoms in total. The van der Waals surface area contributed by atoms with Crippen molar-refractivity contribution < 1.29 is 5.11 Å². The molecular weight excluding hydrogens is 292 g/mol. The van der Waals surface area contributed by atoms with Gasteiger partial charge in [-0.1, -0.05) is 18.6 Å². The molecule has 4 fully saturated rings. The van der Waals surface area contributed by atoms with Crippen LogP contribution >= 0.6 is 0 Å². The molecule has 3 unspecified atom stereocenters. The summed E-state index contributed by atoms with van der Waals surface area (Å²) in [5, 5.41) is 10.2. The van der Waals surface area contributed by atoms with Crippen LogP contribution in [0.4, 0.5) is 0 Å². The molecule has 0 aromatic rings. The summed E-state index contributed by atoms with van der Waals surface area (Å²) in [6, 6.07) is 0. The molecule has 24 heavy (non-hydrogen) atoms. The molecule has 134 valence electrons. The molecule has 0 heterocycles. The predicted molar refractivity (Wildman–Crippen MR) is 98.5 cm³/mol. The lowest BCUT2D eigenvalue weighted by atomic mass is 9.43. The highest BCUT2D eigenvalue weighted by atomic mass is 16.3. The molecule has 5 aliphatic rings. The normalized spacial score (nSPS) is 56.5. The maximum Gasteiger partial charge on any atom is 0.0543 e. The quantitative estimate of drug-likeness (QED) is 0.563. The summed E-state index contributed by atoms with van der Waals surface area (Å²) >= 11 is 0. The van der Waals surface area contributed by atoms with Crippen LogP contribution in [0.15, 0.2) is 11.6 Å². The Kier molecular flexibility index (Phi) is 3.55. The molecule has 0 aromatic carbocycles. The second-order valence-corrected chi connectivity index (χ2v) is 10.5. The summed E-state index contributed by atoms with van der Waals surface area (Å²) in [5.74, 6) is 4.72. The van der Waals surface area contributed by atoms with Crippen molar-refractivity contribution in [2.75, 3.05) is 0 Å². The predicted octanol–water partition coefficient (Wildman–Crippen LogP) is 5.73. The smallest absolute Gasteiger partial charge is 0.0543 e. The maximum atomic E-state index is 10.2. The molecule has 0 bridgehead atoms. The summed E-state index contributed by atoms with van der Waals surface area (Å²) in [6.07, 6.45) is 17.7. The average Bonchev–Trinajstić information content (AvgIpc) is 2.96. The Hall–Kier alpha value is -0.300. The van der Waals surface area contributed by atoms with Gasteiger partial charge in [-0.25, -0.2) is 0 Å². The molecule has 0 aliphatic heterocycles. The van der Waals surface area contributed by atoms with E-state index in [2.05, 4.69) is 19.9 Å².